The van der Waals surface area contributed by atoms with Gasteiger partial charge in [0.15, 0.2) is 11.5 Å². The molecule has 0 radical (unpaired) electrons. The van der Waals surface area contributed by atoms with Gasteiger partial charge in [0.2, 0.25) is 6.79 Å². The number of furan rings is 1. The molecular weight excluding hydrogens is 242 g/mol. The normalized spacial score (nSPS) is 14.6. The first-order chi connectivity index (χ1) is 9.24. The van der Waals surface area contributed by atoms with Crippen LogP contribution < -0.4 is 14.8 Å². The molecule has 19 heavy (non-hydrogen) atoms. The van der Waals surface area contributed by atoms with E-state index in [1.807, 2.05) is 37.3 Å². The highest BCUT2D eigenvalue weighted by atomic mass is 16.7. The predicted octanol–water partition coefficient (Wildman–Crippen LogP) is 3.17. The average Bonchev–Trinajstić information content (AvgIpc) is 3.04. The molecular formula is C15H17NO3. The molecule has 1 atom stereocenters. The third-order valence-electron chi connectivity index (χ3n) is 3.26. The monoisotopic (exact) mass is 259 g/mol. The zero-order valence-corrected chi connectivity index (χ0v) is 11.1. The molecule has 1 N–H and O–H groups in total. The van der Waals surface area contributed by atoms with Crippen LogP contribution in [0.3, 0.4) is 0 Å². The first kappa shape index (κ1) is 12.1. The molecule has 0 fully saturated rings. The number of para-hydroxylation sites is 1. The van der Waals surface area contributed by atoms with Crippen molar-refractivity contribution in [3.63, 3.8) is 0 Å². The lowest BCUT2D eigenvalue weighted by atomic mass is 10.1. The van der Waals surface area contributed by atoms with Crippen LogP contribution in [0.4, 0.5) is 0 Å². The second-order valence-corrected chi connectivity index (χ2v) is 4.70. The molecule has 100 valence electrons. The number of aryl methyl sites for hydroxylation is 1. The van der Waals surface area contributed by atoms with Gasteiger partial charge in [-0.05, 0) is 32.0 Å². The maximum absolute atomic E-state index is 5.61. The van der Waals surface area contributed by atoms with Gasteiger partial charge in [-0.3, -0.25) is 0 Å². The van der Waals surface area contributed by atoms with Crippen molar-refractivity contribution in [3.8, 4) is 11.5 Å². The topological polar surface area (TPSA) is 43.6 Å². The minimum atomic E-state index is 0.159. The summed E-state index contributed by atoms with van der Waals surface area (Å²) in [5.74, 6) is 3.54. The lowest BCUT2D eigenvalue weighted by Gasteiger charge is -2.12. The number of hydrogen-bond donors (Lipinski definition) is 1. The van der Waals surface area contributed by atoms with Crippen molar-refractivity contribution in [2.24, 2.45) is 0 Å². The van der Waals surface area contributed by atoms with E-state index in [1.165, 1.54) is 0 Å². The fourth-order valence-corrected chi connectivity index (χ4v) is 2.18. The summed E-state index contributed by atoms with van der Waals surface area (Å²) in [6.07, 6.45) is 0. The van der Waals surface area contributed by atoms with Crippen LogP contribution in [0.5, 0.6) is 11.5 Å². The summed E-state index contributed by atoms with van der Waals surface area (Å²) >= 11 is 0. The van der Waals surface area contributed by atoms with Gasteiger partial charge in [-0.1, -0.05) is 12.1 Å². The Morgan fingerprint density at radius 1 is 1.21 bits per heavy atom. The van der Waals surface area contributed by atoms with Gasteiger partial charge in [-0.2, -0.15) is 0 Å². The molecule has 3 rings (SSSR count). The van der Waals surface area contributed by atoms with Crippen molar-refractivity contribution in [2.45, 2.75) is 26.4 Å². The van der Waals surface area contributed by atoms with Gasteiger partial charge in [-0.15, -0.1) is 0 Å². The summed E-state index contributed by atoms with van der Waals surface area (Å²) in [5, 5.41) is 3.43. The Kier molecular flexibility index (Phi) is 3.17. The van der Waals surface area contributed by atoms with Gasteiger partial charge < -0.3 is 19.2 Å². The van der Waals surface area contributed by atoms with Crippen molar-refractivity contribution in [1.82, 2.24) is 5.32 Å². The van der Waals surface area contributed by atoms with Crippen LogP contribution >= 0.6 is 0 Å². The number of rotatable bonds is 4. The average molecular weight is 259 g/mol. The van der Waals surface area contributed by atoms with Crippen molar-refractivity contribution < 1.29 is 13.9 Å². The Hall–Kier alpha value is -1.94. The molecule has 2 heterocycles. The molecule has 1 aromatic heterocycles. The smallest absolute Gasteiger partial charge is 0.231 e. The quantitative estimate of drug-likeness (QED) is 0.916. The molecule has 1 aliphatic heterocycles. The van der Waals surface area contributed by atoms with E-state index in [0.717, 1.165) is 28.6 Å². The van der Waals surface area contributed by atoms with Crippen molar-refractivity contribution in [3.05, 3.63) is 47.4 Å². The van der Waals surface area contributed by atoms with E-state index in [0.29, 0.717) is 13.3 Å². The van der Waals surface area contributed by atoms with Crippen LogP contribution in [0, 0.1) is 6.92 Å². The van der Waals surface area contributed by atoms with Gasteiger partial charge >= 0.3 is 0 Å². The minimum Gasteiger partial charge on any atom is -0.465 e. The van der Waals surface area contributed by atoms with E-state index in [2.05, 4.69) is 12.2 Å². The maximum Gasteiger partial charge on any atom is 0.231 e. The molecule has 1 unspecified atom stereocenters. The van der Waals surface area contributed by atoms with Gasteiger partial charge in [0.05, 0.1) is 6.04 Å². The first-order valence-corrected chi connectivity index (χ1v) is 6.41. The molecule has 0 saturated heterocycles. The van der Waals surface area contributed by atoms with E-state index in [-0.39, 0.29) is 6.04 Å². The van der Waals surface area contributed by atoms with Crippen molar-refractivity contribution in [2.75, 3.05) is 6.79 Å². The lowest BCUT2D eigenvalue weighted by molar-refractivity contribution is 0.173. The van der Waals surface area contributed by atoms with Gasteiger partial charge in [0, 0.05) is 12.1 Å². The summed E-state index contributed by atoms with van der Waals surface area (Å²) in [6.45, 7) is 5.05. The fourth-order valence-electron chi connectivity index (χ4n) is 2.18. The summed E-state index contributed by atoms with van der Waals surface area (Å²) < 4.78 is 16.5. The zero-order valence-electron chi connectivity index (χ0n) is 11.1. The fraction of sp³-hybridized carbons (Fsp3) is 0.333. The minimum absolute atomic E-state index is 0.159. The Morgan fingerprint density at radius 2 is 2.11 bits per heavy atom. The summed E-state index contributed by atoms with van der Waals surface area (Å²) in [6, 6.07) is 10.1. The third kappa shape index (κ3) is 2.44. The molecule has 4 heteroatoms. The van der Waals surface area contributed by atoms with E-state index >= 15 is 0 Å². The molecule has 0 saturated carbocycles. The van der Waals surface area contributed by atoms with Crippen LogP contribution in [0.1, 0.15) is 30.0 Å². The molecule has 0 spiro atoms. The van der Waals surface area contributed by atoms with E-state index in [4.69, 9.17) is 13.9 Å². The first-order valence-electron chi connectivity index (χ1n) is 6.41. The largest absolute Gasteiger partial charge is 0.465 e. The third-order valence-corrected chi connectivity index (χ3v) is 3.26. The van der Waals surface area contributed by atoms with Crippen LogP contribution in [0.25, 0.3) is 0 Å². The van der Waals surface area contributed by atoms with E-state index in [1.54, 1.807) is 0 Å². The number of hydrogen-bond acceptors (Lipinski definition) is 4. The Labute approximate surface area is 112 Å². The number of ether oxygens (including phenoxy) is 2. The highest BCUT2D eigenvalue weighted by Crippen LogP contribution is 2.35. The molecule has 0 bridgehead atoms. The van der Waals surface area contributed by atoms with Crippen molar-refractivity contribution in [1.29, 1.82) is 0 Å². The predicted molar refractivity (Wildman–Crippen MR) is 71.3 cm³/mol. The second-order valence-electron chi connectivity index (χ2n) is 4.70. The van der Waals surface area contributed by atoms with Gasteiger partial charge in [-0.25, -0.2) is 0 Å². The standard InChI is InChI=1S/C15H17NO3/c1-10-6-7-13(19-10)11(2)16-8-12-4-3-5-14-15(12)18-9-17-14/h3-7,11,16H,8-9H2,1-2H3. The molecule has 4 nitrogen and oxygen atoms in total. The van der Waals surface area contributed by atoms with Crippen LogP contribution in [0.15, 0.2) is 34.7 Å². The van der Waals surface area contributed by atoms with Gasteiger partial charge in [0.25, 0.3) is 0 Å². The summed E-state index contributed by atoms with van der Waals surface area (Å²) in [7, 11) is 0. The summed E-state index contributed by atoms with van der Waals surface area (Å²) in [4.78, 5) is 0. The molecule has 0 aliphatic carbocycles. The van der Waals surface area contributed by atoms with Crippen LogP contribution in [-0.2, 0) is 6.54 Å². The molecule has 2 aromatic rings. The number of fused-ring (bicyclic) bond motifs is 1. The van der Waals surface area contributed by atoms with E-state index in [9.17, 15) is 0 Å². The molecule has 0 amide bonds. The number of nitrogens with one attached hydrogen (secondary N) is 1. The second kappa shape index (κ2) is 4.97. The Balaban J connectivity index is 1.68. The maximum atomic E-state index is 5.61. The molecule has 1 aromatic carbocycles. The summed E-state index contributed by atoms with van der Waals surface area (Å²) in [5.41, 5.74) is 1.10. The van der Waals surface area contributed by atoms with Gasteiger partial charge in [0.1, 0.15) is 11.5 Å². The number of benzene rings is 1. The zero-order chi connectivity index (χ0) is 13.2. The van der Waals surface area contributed by atoms with E-state index < -0.39 is 0 Å². The van der Waals surface area contributed by atoms with Crippen LogP contribution in [-0.4, -0.2) is 6.79 Å². The Bertz CT molecular complexity index is 577. The molecule has 1 aliphatic rings. The SMILES string of the molecule is Cc1ccc(C(C)NCc2cccc3c2OCO3)o1. The Morgan fingerprint density at radius 3 is 2.89 bits per heavy atom. The highest BCUT2D eigenvalue weighted by Gasteiger charge is 2.17. The van der Waals surface area contributed by atoms with Crippen LogP contribution in [0.2, 0.25) is 0 Å². The lowest BCUT2D eigenvalue weighted by Crippen LogP contribution is -2.17. The van der Waals surface area contributed by atoms with Crippen molar-refractivity contribution >= 4 is 0 Å². The highest BCUT2D eigenvalue weighted by molar-refractivity contribution is 5.48.